The average Bonchev–Trinajstić information content (AvgIpc) is 3.54. The summed E-state index contributed by atoms with van der Waals surface area (Å²) in [6.07, 6.45) is 2.02. The van der Waals surface area contributed by atoms with Gasteiger partial charge in [-0.25, -0.2) is 9.69 Å². The lowest BCUT2D eigenvalue weighted by Gasteiger charge is -2.58. The van der Waals surface area contributed by atoms with Gasteiger partial charge in [-0.05, 0) is 51.6 Å². The van der Waals surface area contributed by atoms with Crippen molar-refractivity contribution < 1.29 is 33.0 Å². The van der Waals surface area contributed by atoms with Crippen LogP contribution in [0.25, 0.3) is 0 Å². The first-order chi connectivity index (χ1) is 24.4. The number of ether oxygens (including phenoxy) is 3. The minimum atomic E-state index is -3.34. The average molecular weight is 712 g/mol. The molecule has 2 saturated carbocycles. The molecule has 272 valence electrons. The second kappa shape index (κ2) is 15.1. The zero-order valence-electron chi connectivity index (χ0n) is 30.9. The number of imide groups is 1. The van der Waals surface area contributed by atoms with Crippen molar-refractivity contribution in [2.24, 2.45) is 29.6 Å². The van der Waals surface area contributed by atoms with Crippen molar-refractivity contribution in [3.63, 3.8) is 0 Å². The molecule has 0 aromatic heterocycles. The highest BCUT2D eigenvalue weighted by Crippen LogP contribution is 2.54. The van der Waals surface area contributed by atoms with Gasteiger partial charge in [0.15, 0.2) is 5.79 Å². The largest absolute Gasteiger partial charge is 0.462 e. The van der Waals surface area contributed by atoms with Gasteiger partial charge in [0.25, 0.3) is 8.32 Å². The molecule has 2 amide bonds. The molecule has 1 saturated heterocycles. The first-order valence-corrected chi connectivity index (χ1v) is 20.4. The molecule has 6 rings (SSSR count). The zero-order valence-corrected chi connectivity index (χ0v) is 31.9. The lowest BCUT2D eigenvalue weighted by molar-refractivity contribution is -0.295. The molecule has 0 radical (unpaired) electrons. The van der Waals surface area contributed by atoms with Crippen LogP contribution in [0.1, 0.15) is 72.8 Å². The summed E-state index contributed by atoms with van der Waals surface area (Å²) in [6.45, 7) is 13.4. The molecule has 9 heteroatoms. The highest BCUT2D eigenvalue weighted by molar-refractivity contribution is 6.99. The first-order valence-electron chi connectivity index (χ1n) is 18.5. The van der Waals surface area contributed by atoms with Crippen LogP contribution in [0.4, 0.5) is 4.79 Å². The van der Waals surface area contributed by atoms with Crippen LogP contribution in [0.2, 0.25) is 5.04 Å². The third-order valence-corrected chi connectivity index (χ3v) is 16.3. The Morgan fingerprint density at radius 2 is 1.51 bits per heavy atom. The maximum Gasteiger partial charge on any atom is 0.416 e. The smallest absolute Gasteiger partial charge is 0.416 e. The van der Waals surface area contributed by atoms with Crippen LogP contribution in [-0.2, 0) is 34.8 Å². The van der Waals surface area contributed by atoms with Gasteiger partial charge < -0.3 is 18.6 Å². The Labute approximate surface area is 303 Å². The molecule has 8 nitrogen and oxygen atoms in total. The number of carbonyl (C=O) groups excluding carboxylic acids is 3. The summed E-state index contributed by atoms with van der Waals surface area (Å²) >= 11 is 0. The molecule has 3 aromatic rings. The van der Waals surface area contributed by atoms with Crippen LogP contribution in [0, 0.1) is 29.6 Å². The van der Waals surface area contributed by atoms with Gasteiger partial charge in [-0.3, -0.25) is 9.59 Å². The minimum absolute atomic E-state index is 0.0931. The summed E-state index contributed by atoms with van der Waals surface area (Å²) in [5.41, 5.74) is 0.900. The Hall–Kier alpha value is -3.79. The fourth-order valence-electron chi connectivity index (χ4n) is 8.50. The number of esters is 1. The van der Waals surface area contributed by atoms with E-state index in [9.17, 15) is 14.4 Å². The van der Waals surface area contributed by atoms with Crippen molar-refractivity contribution in [1.82, 2.24) is 4.90 Å². The van der Waals surface area contributed by atoms with E-state index >= 15 is 0 Å². The molecule has 0 bridgehead atoms. The van der Waals surface area contributed by atoms with E-state index in [0.717, 1.165) is 40.1 Å². The molecule has 3 fully saturated rings. The summed E-state index contributed by atoms with van der Waals surface area (Å²) < 4.78 is 26.3. The van der Waals surface area contributed by atoms with Crippen LogP contribution in [0.3, 0.4) is 0 Å². The van der Waals surface area contributed by atoms with Crippen molar-refractivity contribution in [2.75, 3.05) is 13.2 Å². The van der Waals surface area contributed by atoms with Gasteiger partial charge >= 0.3 is 12.1 Å². The van der Waals surface area contributed by atoms with Gasteiger partial charge in [0.1, 0.15) is 18.6 Å². The summed E-state index contributed by atoms with van der Waals surface area (Å²) in [5, 5.41) is 1.58. The highest BCUT2D eigenvalue weighted by Gasteiger charge is 2.69. The van der Waals surface area contributed by atoms with Crippen LogP contribution >= 0.6 is 0 Å². The van der Waals surface area contributed by atoms with Gasteiger partial charge in [-0.2, -0.15) is 0 Å². The molecular weight excluding hydrogens is 659 g/mol. The quantitative estimate of drug-likeness (QED) is 0.119. The van der Waals surface area contributed by atoms with E-state index in [1.807, 2.05) is 66.7 Å². The van der Waals surface area contributed by atoms with Crippen LogP contribution in [-0.4, -0.2) is 56.2 Å². The number of hydrogen-bond donors (Lipinski definition) is 0. The number of amides is 2. The lowest BCUT2D eigenvalue weighted by atomic mass is 9.66. The van der Waals surface area contributed by atoms with Crippen molar-refractivity contribution in [3.05, 3.63) is 96.6 Å². The minimum Gasteiger partial charge on any atom is -0.462 e. The molecular formula is C42H53NO7Si. The van der Waals surface area contributed by atoms with E-state index in [0.29, 0.717) is 11.8 Å². The molecule has 51 heavy (non-hydrogen) atoms. The van der Waals surface area contributed by atoms with Crippen molar-refractivity contribution in [3.8, 4) is 0 Å². The summed E-state index contributed by atoms with van der Waals surface area (Å²) in [4.78, 5) is 43.3. The second-order valence-electron chi connectivity index (χ2n) is 16.0. The molecule has 0 N–H and O–H groups in total. The fourth-order valence-corrected chi connectivity index (χ4v) is 13.2. The molecule has 2 aliphatic carbocycles. The number of nitrogens with zero attached hydrogens (tertiary/aromatic N) is 1. The molecule has 1 aliphatic heterocycles. The topological polar surface area (TPSA) is 91.4 Å². The molecule has 6 unspecified atom stereocenters. The van der Waals surface area contributed by atoms with Gasteiger partial charge in [0.05, 0.1) is 19.1 Å². The maximum atomic E-state index is 14.8. The third kappa shape index (κ3) is 7.30. The number of cyclic esters (lactones) is 1. The van der Waals surface area contributed by atoms with Crippen LogP contribution < -0.4 is 10.4 Å². The normalized spacial score (nSPS) is 26.8. The Bertz CT molecular complexity index is 1620. The summed E-state index contributed by atoms with van der Waals surface area (Å²) in [6, 6.07) is 30.1. The Morgan fingerprint density at radius 1 is 0.922 bits per heavy atom. The predicted octanol–water partition coefficient (Wildman–Crippen LogP) is 7.10. The number of hydrogen-bond acceptors (Lipinski definition) is 7. The highest BCUT2D eigenvalue weighted by atomic mass is 28.4. The first kappa shape index (κ1) is 37.0. The second-order valence-corrected chi connectivity index (χ2v) is 20.3. The van der Waals surface area contributed by atoms with Gasteiger partial charge in [0, 0.05) is 6.42 Å². The number of benzene rings is 3. The van der Waals surface area contributed by atoms with Gasteiger partial charge in [-0.1, -0.05) is 139 Å². The number of rotatable bonds is 11. The van der Waals surface area contributed by atoms with E-state index in [1.54, 1.807) is 0 Å². The monoisotopic (exact) mass is 711 g/mol. The standard InChI is InChI=1S/C42H53NO7Si/c1-29(2)34-23-22-30(3)26-36(34)49-39(45)35-27-42(48-28-31-16-10-7-11-17-31,37(35)38(44)43-24-25-47-40(43)46)50-51(41(4,5)6,32-18-12-8-13-19-32)33-20-14-9-15-21-33/h7-21,29-30,34-37H,22-28H2,1-6H3. The van der Waals surface area contributed by atoms with E-state index in [2.05, 4.69) is 65.8 Å². The van der Waals surface area contributed by atoms with Crippen molar-refractivity contribution >= 4 is 36.7 Å². The van der Waals surface area contributed by atoms with Crippen LogP contribution in [0.15, 0.2) is 91.0 Å². The Balaban J connectivity index is 1.47. The Kier molecular flexibility index (Phi) is 10.9. The summed E-state index contributed by atoms with van der Waals surface area (Å²) in [7, 11) is -3.34. The lowest BCUT2D eigenvalue weighted by Crippen LogP contribution is -2.75. The molecule has 0 spiro atoms. The van der Waals surface area contributed by atoms with Crippen molar-refractivity contribution in [1.29, 1.82) is 0 Å². The van der Waals surface area contributed by atoms with E-state index in [-0.39, 0.29) is 38.2 Å². The zero-order chi connectivity index (χ0) is 36.4. The molecule has 6 atom stereocenters. The molecule has 3 aliphatic rings. The summed E-state index contributed by atoms with van der Waals surface area (Å²) in [5.74, 6) is -3.51. The molecule has 1 heterocycles. The van der Waals surface area contributed by atoms with E-state index in [1.165, 1.54) is 0 Å². The third-order valence-electron chi connectivity index (χ3n) is 11.3. The Morgan fingerprint density at radius 3 is 2.04 bits per heavy atom. The van der Waals surface area contributed by atoms with Gasteiger partial charge in [-0.15, -0.1) is 0 Å². The maximum absolute atomic E-state index is 14.8. The molecule has 3 aromatic carbocycles. The van der Waals surface area contributed by atoms with Crippen molar-refractivity contribution in [2.45, 2.75) is 90.8 Å². The van der Waals surface area contributed by atoms with Gasteiger partial charge in [0.2, 0.25) is 5.91 Å². The number of carbonyl (C=O) groups is 3. The van der Waals surface area contributed by atoms with E-state index < -0.39 is 48.9 Å². The van der Waals surface area contributed by atoms with Crippen LogP contribution in [0.5, 0.6) is 0 Å². The van der Waals surface area contributed by atoms with E-state index in [4.69, 9.17) is 18.6 Å². The predicted molar refractivity (Wildman–Crippen MR) is 199 cm³/mol. The SMILES string of the molecule is CC1CCC(C(C)C)C(OC(=O)C2CC(OCc3ccccc3)(O[Si](c3ccccc3)(c3ccccc3)C(C)(C)C)C2C(=O)N2CCOC2=O)C1. The fraction of sp³-hybridized carbons (Fsp3) is 0.500.